The van der Waals surface area contributed by atoms with Crippen molar-refractivity contribution in [3.8, 4) is 0 Å². The van der Waals surface area contributed by atoms with Crippen LogP contribution in [0.15, 0.2) is 22.8 Å². The summed E-state index contributed by atoms with van der Waals surface area (Å²) >= 11 is 3.28. The van der Waals surface area contributed by atoms with Crippen LogP contribution >= 0.6 is 15.9 Å². The molecule has 0 aliphatic carbocycles. The maximum atomic E-state index is 12.3. The number of nitrogens with zero attached hydrogens (tertiary/aromatic N) is 3. The monoisotopic (exact) mass is 309 g/mol. The first-order valence-corrected chi connectivity index (χ1v) is 6.69. The van der Waals surface area contributed by atoms with Gasteiger partial charge in [-0.1, -0.05) is 6.07 Å². The summed E-state index contributed by atoms with van der Waals surface area (Å²) in [7, 11) is 0. The van der Waals surface area contributed by atoms with E-state index >= 15 is 0 Å². The standard InChI is InChI=1S/C12H12BrN3O2/c13-9-4-1-5-10(14-9)16-7-11(17)15-6-2-3-8(15)12(16)18/h1,4-5,8H,2-3,6-7H2/t8-/m0/s1. The Labute approximate surface area is 113 Å². The maximum absolute atomic E-state index is 12.3. The number of hydrogen-bond acceptors (Lipinski definition) is 3. The van der Waals surface area contributed by atoms with Crippen LogP contribution < -0.4 is 4.90 Å². The number of carbonyl (C=O) groups excluding carboxylic acids is 2. The van der Waals surface area contributed by atoms with E-state index < -0.39 is 0 Å². The molecule has 0 N–H and O–H groups in total. The van der Waals surface area contributed by atoms with Gasteiger partial charge in [0.1, 0.15) is 23.0 Å². The first kappa shape index (κ1) is 11.6. The van der Waals surface area contributed by atoms with Crippen molar-refractivity contribution in [2.24, 2.45) is 0 Å². The maximum Gasteiger partial charge on any atom is 0.251 e. The number of hydrogen-bond donors (Lipinski definition) is 0. The Balaban J connectivity index is 1.93. The van der Waals surface area contributed by atoms with Gasteiger partial charge in [-0.05, 0) is 40.9 Å². The lowest BCUT2D eigenvalue weighted by molar-refractivity contribution is -0.140. The van der Waals surface area contributed by atoms with Gasteiger partial charge in [-0.3, -0.25) is 14.5 Å². The van der Waals surface area contributed by atoms with Gasteiger partial charge in [0.15, 0.2) is 0 Å². The molecule has 0 aromatic carbocycles. The Morgan fingerprint density at radius 3 is 2.94 bits per heavy atom. The highest BCUT2D eigenvalue weighted by molar-refractivity contribution is 9.10. The summed E-state index contributed by atoms with van der Waals surface area (Å²) in [5, 5.41) is 0. The molecule has 2 saturated heterocycles. The molecular formula is C12H12BrN3O2. The zero-order chi connectivity index (χ0) is 12.7. The molecule has 3 rings (SSSR count). The van der Waals surface area contributed by atoms with Crippen molar-refractivity contribution in [3.63, 3.8) is 0 Å². The van der Waals surface area contributed by atoms with Crippen LogP contribution in [0.4, 0.5) is 5.82 Å². The van der Waals surface area contributed by atoms with E-state index in [1.807, 2.05) is 6.07 Å². The Morgan fingerprint density at radius 1 is 1.33 bits per heavy atom. The summed E-state index contributed by atoms with van der Waals surface area (Å²) in [6.45, 7) is 0.799. The molecule has 2 aliphatic heterocycles. The quantitative estimate of drug-likeness (QED) is 0.732. The van der Waals surface area contributed by atoms with E-state index in [0.717, 1.165) is 12.8 Å². The van der Waals surface area contributed by atoms with E-state index in [-0.39, 0.29) is 24.4 Å². The van der Waals surface area contributed by atoms with E-state index in [9.17, 15) is 9.59 Å². The molecule has 3 heterocycles. The Morgan fingerprint density at radius 2 is 2.17 bits per heavy atom. The van der Waals surface area contributed by atoms with E-state index in [1.165, 1.54) is 4.90 Å². The molecule has 2 aliphatic rings. The van der Waals surface area contributed by atoms with E-state index in [0.29, 0.717) is 17.0 Å². The van der Waals surface area contributed by atoms with Crippen molar-refractivity contribution >= 4 is 33.6 Å². The van der Waals surface area contributed by atoms with Crippen LogP contribution in [0.25, 0.3) is 0 Å². The van der Waals surface area contributed by atoms with E-state index in [1.54, 1.807) is 17.0 Å². The summed E-state index contributed by atoms with van der Waals surface area (Å²) in [6.07, 6.45) is 1.66. The number of aromatic nitrogens is 1. The average molecular weight is 310 g/mol. The predicted octanol–water partition coefficient (Wildman–Crippen LogP) is 1.18. The average Bonchev–Trinajstić information content (AvgIpc) is 2.83. The number of fused-ring (bicyclic) bond motifs is 1. The third-order valence-corrected chi connectivity index (χ3v) is 3.84. The van der Waals surface area contributed by atoms with Crippen LogP contribution in [-0.4, -0.2) is 40.8 Å². The molecule has 0 bridgehead atoms. The lowest BCUT2D eigenvalue weighted by atomic mass is 10.1. The molecule has 1 atom stereocenters. The van der Waals surface area contributed by atoms with Gasteiger partial charge in [-0.2, -0.15) is 0 Å². The fourth-order valence-electron chi connectivity index (χ4n) is 2.55. The second kappa shape index (κ2) is 4.35. The molecule has 1 aromatic rings. The van der Waals surface area contributed by atoms with Gasteiger partial charge in [0, 0.05) is 6.54 Å². The van der Waals surface area contributed by atoms with Crippen LogP contribution in [0, 0.1) is 0 Å². The van der Waals surface area contributed by atoms with Crippen LogP contribution in [-0.2, 0) is 9.59 Å². The number of pyridine rings is 1. The molecule has 18 heavy (non-hydrogen) atoms. The minimum atomic E-state index is -0.285. The highest BCUT2D eigenvalue weighted by Gasteiger charge is 2.42. The first-order valence-electron chi connectivity index (χ1n) is 5.90. The second-order valence-corrected chi connectivity index (χ2v) is 5.30. The molecule has 0 saturated carbocycles. The van der Waals surface area contributed by atoms with Crippen molar-refractivity contribution in [1.29, 1.82) is 0 Å². The molecule has 6 heteroatoms. The van der Waals surface area contributed by atoms with Gasteiger partial charge < -0.3 is 4.90 Å². The number of anilines is 1. The number of halogens is 1. The SMILES string of the molecule is O=C1[C@@H]2CCCN2C(=O)CN1c1cccc(Br)n1. The van der Waals surface area contributed by atoms with Crippen LogP contribution in [0.2, 0.25) is 0 Å². The molecule has 0 radical (unpaired) electrons. The van der Waals surface area contributed by atoms with Crippen molar-refractivity contribution in [3.05, 3.63) is 22.8 Å². The van der Waals surface area contributed by atoms with Gasteiger partial charge in [0.2, 0.25) is 5.91 Å². The number of carbonyl (C=O) groups is 2. The number of amides is 2. The largest absolute Gasteiger partial charge is 0.329 e. The van der Waals surface area contributed by atoms with Gasteiger partial charge in [0.25, 0.3) is 5.91 Å². The molecule has 2 amide bonds. The molecular weight excluding hydrogens is 298 g/mol. The van der Waals surface area contributed by atoms with Crippen molar-refractivity contribution < 1.29 is 9.59 Å². The fraction of sp³-hybridized carbons (Fsp3) is 0.417. The van der Waals surface area contributed by atoms with E-state index in [4.69, 9.17) is 0 Å². The molecule has 0 unspecified atom stereocenters. The zero-order valence-electron chi connectivity index (χ0n) is 9.67. The number of piperazine rings is 1. The topological polar surface area (TPSA) is 53.5 Å². The summed E-state index contributed by atoms with van der Waals surface area (Å²) in [4.78, 5) is 31.7. The Bertz CT molecular complexity index is 520. The lowest BCUT2D eigenvalue weighted by Crippen LogP contribution is -2.57. The van der Waals surface area contributed by atoms with Gasteiger partial charge >= 0.3 is 0 Å². The highest BCUT2D eigenvalue weighted by atomic mass is 79.9. The Kier molecular flexibility index (Phi) is 2.81. The smallest absolute Gasteiger partial charge is 0.251 e. The summed E-state index contributed by atoms with van der Waals surface area (Å²) in [5.74, 6) is 0.533. The van der Waals surface area contributed by atoms with Crippen LogP contribution in [0.5, 0.6) is 0 Å². The van der Waals surface area contributed by atoms with Gasteiger partial charge in [0.05, 0.1) is 0 Å². The lowest BCUT2D eigenvalue weighted by Gasteiger charge is -2.35. The minimum Gasteiger partial charge on any atom is -0.329 e. The minimum absolute atomic E-state index is 0.0128. The van der Waals surface area contributed by atoms with Crippen molar-refractivity contribution in [2.45, 2.75) is 18.9 Å². The normalized spacial score (nSPS) is 23.5. The summed E-state index contributed by atoms with van der Waals surface area (Å²) < 4.78 is 0.661. The fourth-order valence-corrected chi connectivity index (χ4v) is 2.88. The zero-order valence-corrected chi connectivity index (χ0v) is 11.3. The van der Waals surface area contributed by atoms with E-state index in [2.05, 4.69) is 20.9 Å². The molecule has 94 valence electrons. The summed E-state index contributed by atoms with van der Waals surface area (Å²) in [6, 6.07) is 5.07. The molecule has 0 spiro atoms. The predicted molar refractivity (Wildman–Crippen MR) is 69.0 cm³/mol. The molecule has 5 nitrogen and oxygen atoms in total. The van der Waals surface area contributed by atoms with Crippen molar-refractivity contribution in [2.75, 3.05) is 18.0 Å². The summed E-state index contributed by atoms with van der Waals surface area (Å²) in [5.41, 5.74) is 0. The van der Waals surface area contributed by atoms with Gasteiger partial charge in [-0.25, -0.2) is 4.98 Å². The Hall–Kier alpha value is -1.43. The third kappa shape index (κ3) is 1.80. The second-order valence-electron chi connectivity index (χ2n) is 4.49. The first-order chi connectivity index (χ1) is 8.66. The highest BCUT2D eigenvalue weighted by Crippen LogP contribution is 2.26. The third-order valence-electron chi connectivity index (χ3n) is 3.39. The van der Waals surface area contributed by atoms with Crippen molar-refractivity contribution in [1.82, 2.24) is 9.88 Å². The molecule has 2 fully saturated rings. The van der Waals surface area contributed by atoms with Crippen LogP contribution in [0.1, 0.15) is 12.8 Å². The van der Waals surface area contributed by atoms with Gasteiger partial charge in [-0.15, -0.1) is 0 Å². The number of rotatable bonds is 1. The molecule has 1 aromatic heterocycles. The van der Waals surface area contributed by atoms with Crippen LogP contribution in [0.3, 0.4) is 0 Å².